The molecule has 4 N–H and O–H groups in total. The molecular formula is C26H26ClF3N6O3. The van der Waals surface area contributed by atoms with Crippen LogP contribution in [0.2, 0.25) is 5.02 Å². The molecule has 1 fully saturated rings. The van der Waals surface area contributed by atoms with Crippen molar-refractivity contribution in [3.63, 3.8) is 0 Å². The number of nitrogens with two attached hydrogens (primary N) is 1. The van der Waals surface area contributed by atoms with Gasteiger partial charge in [0, 0.05) is 29.4 Å². The summed E-state index contributed by atoms with van der Waals surface area (Å²) < 4.78 is 49.9. The number of halogens is 4. The van der Waals surface area contributed by atoms with Crippen molar-refractivity contribution in [1.29, 1.82) is 0 Å². The SMILES string of the molecule is Cc1ccn(-c2cc(Cl)ccc2C(Oc2cc(C3=CC[C@]4(CC3)CN[C@@H](C(=O)O)C4)nc(N)n2)C(F)(F)F)n1. The number of benzene rings is 1. The highest BCUT2D eigenvalue weighted by atomic mass is 35.5. The number of carboxylic acid groups (broad SMARTS) is 1. The molecule has 39 heavy (non-hydrogen) atoms. The van der Waals surface area contributed by atoms with Crippen LogP contribution in [0.3, 0.4) is 0 Å². The zero-order valence-corrected chi connectivity index (χ0v) is 21.6. The molecule has 0 radical (unpaired) electrons. The van der Waals surface area contributed by atoms with Crippen LogP contribution in [0.25, 0.3) is 11.3 Å². The van der Waals surface area contributed by atoms with Gasteiger partial charge in [-0.05, 0) is 61.8 Å². The van der Waals surface area contributed by atoms with E-state index in [0.29, 0.717) is 43.6 Å². The van der Waals surface area contributed by atoms with Crippen LogP contribution < -0.4 is 15.8 Å². The molecule has 13 heteroatoms. The molecule has 9 nitrogen and oxygen atoms in total. The number of aryl methyl sites for hydroxylation is 1. The Morgan fingerprint density at radius 2 is 2.10 bits per heavy atom. The topological polar surface area (TPSA) is 128 Å². The summed E-state index contributed by atoms with van der Waals surface area (Å²) in [5, 5.41) is 16.8. The molecular weight excluding hydrogens is 537 g/mol. The summed E-state index contributed by atoms with van der Waals surface area (Å²) in [7, 11) is 0. The second-order valence-corrected chi connectivity index (χ2v) is 10.4. The number of alkyl halides is 3. The first-order valence-electron chi connectivity index (χ1n) is 12.3. The van der Waals surface area contributed by atoms with E-state index in [4.69, 9.17) is 22.1 Å². The largest absolute Gasteiger partial charge is 0.480 e. The lowest BCUT2D eigenvalue weighted by Gasteiger charge is -2.31. The Labute approximate surface area is 226 Å². The fraction of sp³-hybridized carbons (Fsp3) is 0.385. The molecule has 1 aromatic carbocycles. The summed E-state index contributed by atoms with van der Waals surface area (Å²) in [5.41, 5.74) is 7.40. The highest BCUT2D eigenvalue weighted by Gasteiger charge is 2.45. The van der Waals surface area contributed by atoms with Crippen LogP contribution in [-0.4, -0.2) is 49.6 Å². The third-order valence-corrected chi connectivity index (χ3v) is 7.43. The van der Waals surface area contributed by atoms with Crippen LogP contribution in [0.5, 0.6) is 5.88 Å². The van der Waals surface area contributed by atoms with Crippen LogP contribution in [0, 0.1) is 12.3 Å². The van der Waals surface area contributed by atoms with E-state index < -0.39 is 24.3 Å². The van der Waals surface area contributed by atoms with Crippen molar-refractivity contribution < 1.29 is 27.8 Å². The van der Waals surface area contributed by atoms with E-state index in [1.807, 2.05) is 6.08 Å². The first-order chi connectivity index (χ1) is 18.4. The van der Waals surface area contributed by atoms with Crippen molar-refractivity contribution in [3.8, 4) is 11.6 Å². The van der Waals surface area contributed by atoms with E-state index in [-0.39, 0.29) is 33.5 Å². The van der Waals surface area contributed by atoms with Gasteiger partial charge in [-0.1, -0.05) is 23.7 Å². The molecule has 1 saturated heterocycles. The van der Waals surface area contributed by atoms with E-state index in [9.17, 15) is 23.1 Å². The summed E-state index contributed by atoms with van der Waals surface area (Å²) >= 11 is 6.11. The normalized spacial score (nSPS) is 22.1. The second kappa shape index (κ2) is 10.2. The molecule has 0 bridgehead atoms. The van der Waals surface area contributed by atoms with E-state index in [1.54, 1.807) is 19.2 Å². The molecule has 0 amide bonds. The number of nitrogen functional groups attached to an aromatic ring is 1. The number of hydrogen-bond donors (Lipinski definition) is 3. The number of carboxylic acids is 1. The Kier molecular flexibility index (Phi) is 7.02. The van der Waals surface area contributed by atoms with Crippen LogP contribution in [0.15, 0.2) is 42.6 Å². The number of rotatable bonds is 6. The van der Waals surface area contributed by atoms with Crippen LogP contribution in [0.4, 0.5) is 19.1 Å². The lowest BCUT2D eigenvalue weighted by Crippen LogP contribution is -2.30. The van der Waals surface area contributed by atoms with Gasteiger partial charge in [0.15, 0.2) is 0 Å². The Morgan fingerprint density at radius 3 is 2.72 bits per heavy atom. The van der Waals surface area contributed by atoms with Gasteiger partial charge in [0.05, 0.1) is 17.1 Å². The number of nitrogens with zero attached hydrogens (tertiary/aromatic N) is 4. The fourth-order valence-corrected chi connectivity index (χ4v) is 5.36. The predicted octanol–water partition coefficient (Wildman–Crippen LogP) is 4.89. The number of aliphatic carboxylic acids is 1. The number of nitrogens with one attached hydrogen (secondary N) is 1. The predicted molar refractivity (Wildman–Crippen MR) is 137 cm³/mol. The molecule has 3 heterocycles. The van der Waals surface area contributed by atoms with Crippen molar-refractivity contribution >= 4 is 29.1 Å². The highest BCUT2D eigenvalue weighted by molar-refractivity contribution is 6.30. The lowest BCUT2D eigenvalue weighted by atomic mass is 9.73. The third-order valence-electron chi connectivity index (χ3n) is 7.19. The van der Waals surface area contributed by atoms with Gasteiger partial charge in [-0.25, -0.2) is 9.67 Å². The van der Waals surface area contributed by atoms with Crippen molar-refractivity contribution in [3.05, 3.63) is 64.6 Å². The monoisotopic (exact) mass is 562 g/mol. The van der Waals surface area contributed by atoms with Crippen molar-refractivity contribution in [1.82, 2.24) is 25.1 Å². The quantitative estimate of drug-likeness (QED) is 0.387. The minimum absolute atomic E-state index is 0.116. The number of anilines is 1. The maximum absolute atomic E-state index is 14.4. The first kappa shape index (κ1) is 26.9. The molecule has 1 unspecified atom stereocenters. The molecule has 2 aromatic heterocycles. The zero-order chi connectivity index (χ0) is 27.9. The average Bonchev–Trinajstić information content (AvgIpc) is 3.49. The molecule has 3 atom stereocenters. The second-order valence-electron chi connectivity index (χ2n) is 10.0. The van der Waals surface area contributed by atoms with E-state index in [1.165, 1.54) is 28.9 Å². The smallest absolute Gasteiger partial charge is 0.429 e. The molecule has 5 rings (SSSR count). The van der Waals surface area contributed by atoms with Gasteiger partial charge in [-0.2, -0.15) is 23.3 Å². The summed E-state index contributed by atoms with van der Waals surface area (Å²) in [6.07, 6.45) is -1.32. The summed E-state index contributed by atoms with van der Waals surface area (Å²) in [4.78, 5) is 19.5. The molecule has 3 aromatic rings. The fourth-order valence-electron chi connectivity index (χ4n) is 5.20. The Balaban J connectivity index is 1.44. The summed E-state index contributed by atoms with van der Waals surface area (Å²) in [6, 6.07) is 6.42. The number of ether oxygens (including phenoxy) is 1. The Morgan fingerprint density at radius 1 is 1.31 bits per heavy atom. The zero-order valence-electron chi connectivity index (χ0n) is 20.9. The molecule has 1 spiro atoms. The Hall–Kier alpha value is -3.64. The number of carbonyl (C=O) groups is 1. The van der Waals surface area contributed by atoms with E-state index in [0.717, 1.165) is 5.57 Å². The standard InChI is InChI=1S/C26H26ClF3N6O3/c1-14-6-9-36(35-14)20-10-16(27)2-3-17(20)22(26(28,29)30)39-21-11-18(33-24(31)34-21)15-4-7-25(8-5-15)12-19(23(37)38)32-13-25/h2-4,6,9-11,19,22,32H,5,7-8,12-13H2,1H3,(H,37,38)(H2,31,33,34)/t19-,22?,25-/m1/s1. The van der Waals surface area contributed by atoms with Gasteiger partial charge < -0.3 is 20.9 Å². The minimum Gasteiger partial charge on any atom is -0.480 e. The van der Waals surface area contributed by atoms with Gasteiger partial charge in [0.1, 0.15) is 6.04 Å². The van der Waals surface area contributed by atoms with Crippen molar-refractivity contribution in [2.45, 2.75) is 50.9 Å². The van der Waals surface area contributed by atoms with Gasteiger partial charge in [-0.3, -0.25) is 4.79 Å². The third kappa shape index (κ3) is 5.71. The number of allylic oxidation sites excluding steroid dienone is 2. The van der Waals surface area contributed by atoms with Gasteiger partial charge >= 0.3 is 12.1 Å². The molecule has 0 saturated carbocycles. The first-order valence-corrected chi connectivity index (χ1v) is 12.7. The summed E-state index contributed by atoms with van der Waals surface area (Å²) in [5.74, 6) is -1.43. The minimum atomic E-state index is -4.81. The average molecular weight is 563 g/mol. The number of hydrogen-bond acceptors (Lipinski definition) is 7. The van der Waals surface area contributed by atoms with Crippen molar-refractivity contribution in [2.75, 3.05) is 12.3 Å². The maximum atomic E-state index is 14.4. The van der Waals surface area contributed by atoms with Crippen LogP contribution >= 0.6 is 11.6 Å². The van der Waals surface area contributed by atoms with E-state index >= 15 is 0 Å². The molecule has 1 aliphatic carbocycles. The van der Waals surface area contributed by atoms with Gasteiger partial charge in [0.2, 0.25) is 17.9 Å². The highest BCUT2D eigenvalue weighted by Crippen LogP contribution is 2.45. The molecule has 2 aliphatic rings. The summed E-state index contributed by atoms with van der Waals surface area (Å²) in [6.45, 7) is 2.31. The molecule has 206 valence electrons. The number of aromatic nitrogens is 4. The molecule has 1 aliphatic heterocycles. The van der Waals surface area contributed by atoms with E-state index in [2.05, 4.69) is 20.4 Å². The van der Waals surface area contributed by atoms with Crippen molar-refractivity contribution in [2.24, 2.45) is 5.41 Å². The maximum Gasteiger partial charge on any atom is 0.429 e. The van der Waals surface area contributed by atoms with Gasteiger partial charge in [-0.15, -0.1) is 0 Å². The van der Waals surface area contributed by atoms with Crippen LogP contribution in [0.1, 0.15) is 48.7 Å². The Bertz CT molecular complexity index is 1440. The van der Waals surface area contributed by atoms with Gasteiger partial charge in [0.25, 0.3) is 0 Å². The van der Waals surface area contributed by atoms with Crippen LogP contribution in [-0.2, 0) is 4.79 Å². The lowest BCUT2D eigenvalue weighted by molar-refractivity contribution is -0.198.